The molecule has 1 N–H and O–H groups in total. The minimum atomic E-state index is -3.91. The Kier molecular flexibility index (Phi) is 7.63. The highest BCUT2D eigenvalue weighted by atomic mass is 32.2. The molecule has 33 heavy (non-hydrogen) atoms. The van der Waals surface area contributed by atoms with E-state index in [0.29, 0.717) is 28.1 Å². The first-order valence-corrected chi connectivity index (χ1v) is 11.5. The minimum absolute atomic E-state index is 0.266. The van der Waals surface area contributed by atoms with Gasteiger partial charge in [-0.3, -0.25) is 9.71 Å². The molecule has 2 aromatic carbocycles. The van der Waals surface area contributed by atoms with E-state index in [4.69, 9.17) is 9.47 Å². The Bertz CT molecular complexity index is 1250. The molecule has 0 saturated carbocycles. The number of hydrogen-bond acceptors (Lipinski definition) is 6. The molecule has 1 unspecified atom stereocenters. The highest BCUT2D eigenvalue weighted by molar-refractivity contribution is 7.93. The Balaban J connectivity index is 2.00. The maximum absolute atomic E-state index is 13.2. The van der Waals surface area contributed by atoms with Gasteiger partial charge < -0.3 is 9.47 Å². The van der Waals surface area contributed by atoms with Crippen LogP contribution in [0.3, 0.4) is 0 Å². The summed E-state index contributed by atoms with van der Waals surface area (Å²) in [6, 6.07) is 16.9. The van der Waals surface area contributed by atoms with Gasteiger partial charge in [-0.15, -0.1) is 6.58 Å². The van der Waals surface area contributed by atoms with Crippen LogP contribution in [0.25, 0.3) is 11.6 Å². The van der Waals surface area contributed by atoms with Gasteiger partial charge in [0.05, 0.1) is 25.5 Å². The van der Waals surface area contributed by atoms with E-state index in [0.717, 1.165) is 0 Å². The van der Waals surface area contributed by atoms with E-state index in [1.165, 1.54) is 20.3 Å². The lowest BCUT2D eigenvalue weighted by atomic mass is 10.0. The minimum Gasteiger partial charge on any atom is -0.497 e. The fraction of sp³-hybridized carbons (Fsp3) is 0.120. The zero-order valence-electron chi connectivity index (χ0n) is 18.3. The molecule has 1 heterocycles. The van der Waals surface area contributed by atoms with Crippen molar-refractivity contribution in [2.45, 2.75) is 5.25 Å². The van der Waals surface area contributed by atoms with Crippen LogP contribution in [0.5, 0.6) is 5.75 Å². The van der Waals surface area contributed by atoms with Crippen LogP contribution in [-0.4, -0.2) is 33.6 Å². The van der Waals surface area contributed by atoms with Gasteiger partial charge in [-0.05, 0) is 53.1 Å². The normalized spacial score (nSPS) is 12.5. The summed E-state index contributed by atoms with van der Waals surface area (Å²) in [5, 5.41) is -0.999. The van der Waals surface area contributed by atoms with Crippen molar-refractivity contribution in [2.24, 2.45) is 0 Å². The Morgan fingerprint density at radius 1 is 1.03 bits per heavy atom. The number of esters is 1. The van der Waals surface area contributed by atoms with Gasteiger partial charge >= 0.3 is 5.97 Å². The molecule has 0 aliphatic heterocycles. The number of hydrogen-bond donors (Lipinski definition) is 1. The van der Waals surface area contributed by atoms with Gasteiger partial charge in [0, 0.05) is 12.4 Å². The molecular formula is C25H24N2O5S. The number of benzene rings is 2. The van der Waals surface area contributed by atoms with Crippen LogP contribution in [-0.2, 0) is 19.6 Å². The summed E-state index contributed by atoms with van der Waals surface area (Å²) < 4.78 is 39.2. The maximum Gasteiger partial charge on any atom is 0.338 e. The largest absolute Gasteiger partial charge is 0.497 e. The third-order valence-electron chi connectivity index (χ3n) is 4.90. The highest BCUT2D eigenvalue weighted by Gasteiger charge is 2.25. The average molecular weight is 465 g/mol. The van der Waals surface area contributed by atoms with Gasteiger partial charge in [-0.25, -0.2) is 13.2 Å². The summed E-state index contributed by atoms with van der Waals surface area (Å²) in [5.41, 5.74) is 2.21. The fourth-order valence-corrected chi connectivity index (χ4v) is 4.61. The summed E-state index contributed by atoms with van der Waals surface area (Å²) in [5.74, 6) is 0.0647. The van der Waals surface area contributed by atoms with Crippen molar-refractivity contribution >= 4 is 33.3 Å². The number of para-hydroxylation sites is 1. The van der Waals surface area contributed by atoms with Crippen molar-refractivity contribution in [1.29, 1.82) is 0 Å². The van der Waals surface area contributed by atoms with E-state index < -0.39 is 21.2 Å². The first-order chi connectivity index (χ1) is 15.9. The number of pyridine rings is 1. The Morgan fingerprint density at radius 2 is 1.70 bits per heavy atom. The summed E-state index contributed by atoms with van der Waals surface area (Å²) in [6.45, 7) is 3.70. The lowest BCUT2D eigenvalue weighted by Gasteiger charge is -2.18. The lowest BCUT2D eigenvalue weighted by molar-refractivity contribution is -0.133. The molecule has 3 rings (SSSR count). The lowest BCUT2D eigenvalue weighted by Crippen LogP contribution is -2.20. The van der Waals surface area contributed by atoms with Crippen molar-refractivity contribution < 1.29 is 22.7 Å². The Hall–Kier alpha value is -3.91. The molecule has 7 nitrogen and oxygen atoms in total. The monoisotopic (exact) mass is 464 g/mol. The van der Waals surface area contributed by atoms with Crippen molar-refractivity contribution in [3.63, 3.8) is 0 Å². The molecule has 0 aliphatic carbocycles. The SMILES string of the molecule is C=CC(c1ccc(OC)cc1)S(=O)(=O)Nc1ccccc1C=C(C(=O)OC)c1ccncc1. The summed E-state index contributed by atoms with van der Waals surface area (Å²) in [7, 11) is -1.08. The third kappa shape index (κ3) is 5.67. The first kappa shape index (κ1) is 23.7. The van der Waals surface area contributed by atoms with Crippen LogP contribution >= 0.6 is 0 Å². The van der Waals surface area contributed by atoms with Crippen LogP contribution in [0.4, 0.5) is 5.69 Å². The fourth-order valence-electron chi connectivity index (χ4n) is 3.23. The number of nitrogens with one attached hydrogen (secondary N) is 1. The van der Waals surface area contributed by atoms with Crippen LogP contribution < -0.4 is 9.46 Å². The Labute approximate surface area is 193 Å². The molecule has 3 aromatic rings. The zero-order valence-corrected chi connectivity index (χ0v) is 19.1. The van der Waals surface area contributed by atoms with Crippen LogP contribution in [0.1, 0.15) is 21.9 Å². The van der Waals surface area contributed by atoms with E-state index in [2.05, 4.69) is 16.3 Å². The molecule has 0 spiro atoms. The second-order valence-electron chi connectivity index (χ2n) is 6.95. The number of sulfonamides is 1. The van der Waals surface area contributed by atoms with Crippen LogP contribution in [0, 0.1) is 0 Å². The molecule has 0 radical (unpaired) electrons. The molecule has 0 bridgehead atoms. The molecule has 0 fully saturated rings. The number of carbonyl (C=O) groups excluding carboxylic acids is 1. The summed E-state index contributed by atoms with van der Waals surface area (Å²) in [4.78, 5) is 16.4. The second-order valence-corrected chi connectivity index (χ2v) is 8.75. The average Bonchev–Trinajstić information content (AvgIpc) is 2.84. The summed E-state index contributed by atoms with van der Waals surface area (Å²) >= 11 is 0. The van der Waals surface area contributed by atoms with Gasteiger partial charge in [0.25, 0.3) is 0 Å². The maximum atomic E-state index is 13.2. The highest BCUT2D eigenvalue weighted by Crippen LogP contribution is 2.30. The summed E-state index contributed by atoms with van der Waals surface area (Å²) in [6.07, 6.45) is 6.06. The second kappa shape index (κ2) is 10.6. The van der Waals surface area contributed by atoms with Crippen molar-refractivity contribution in [3.05, 3.63) is 102 Å². The number of anilines is 1. The van der Waals surface area contributed by atoms with Gasteiger partial charge in [0.2, 0.25) is 10.0 Å². The molecule has 8 heteroatoms. The number of ether oxygens (including phenoxy) is 2. The van der Waals surface area contributed by atoms with Gasteiger partial charge in [-0.1, -0.05) is 36.4 Å². The van der Waals surface area contributed by atoms with Crippen molar-refractivity contribution in [2.75, 3.05) is 18.9 Å². The van der Waals surface area contributed by atoms with E-state index in [9.17, 15) is 13.2 Å². The molecule has 170 valence electrons. The number of carbonyl (C=O) groups is 1. The smallest absolute Gasteiger partial charge is 0.338 e. The molecule has 0 aliphatic rings. The van der Waals surface area contributed by atoms with Gasteiger partial charge in [-0.2, -0.15) is 0 Å². The predicted octanol–water partition coefficient (Wildman–Crippen LogP) is 4.47. The molecule has 1 atom stereocenters. The molecule has 0 saturated heterocycles. The third-order valence-corrected chi connectivity index (χ3v) is 6.54. The van der Waals surface area contributed by atoms with Crippen molar-refractivity contribution in [3.8, 4) is 5.75 Å². The standard InChI is InChI=1S/C25H24N2O5S/c1-4-24(19-9-11-21(31-2)12-10-19)33(29,30)27-23-8-6-5-7-20(23)17-22(25(28)32-3)18-13-15-26-16-14-18/h4-17,24,27H,1H2,2-3H3. The van der Waals surface area contributed by atoms with E-state index in [1.807, 2.05) is 0 Å². The number of aromatic nitrogens is 1. The van der Waals surface area contributed by atoms with Gasteiger partial charge in [0.15, 0.2) is 0 Å². The van der Waals surface area contributed by atoms with E-state index >= 15 is 0 Å². The first-order valence-electron chi connectivity index (χ1n) is 9.97. The predicted molar refractivity (Wildman–Crippen MR) is 129 cm³/mol. The van der Waals surface area contributed by atoms with Crippen LogP contribution in [0.15, 0.2) is 85.7 Å². The van der Waals surface area contributed by atoms with Crippen molar-refractivity contribution in [1.82, 2.24) is 4.98 Å². The number of methoxy groups -OCH3 is 2. The molecule has 1 aromatic heterocycles. The molecule has 0 amide bonds. The number of rotatable bonds is 9. The topological polar surface area (TPSA) is 94.6 Å². The van der Waals surface area contributed by atoms with Gasteiger partial charge in [0.1, 0.15) is 11.0 Å². The van der Waals surface area contributed by atoms with E-state index in [-0.39, 0.29) is 5.57 Å². The van der Waals surface area contributed by atoms with Crippen LogP contribution in [0.2, 0.25) is 0 Å². The zero-order chi connectivity index (χ0) is 23.8. The Morgan fingerprint density at radius 3 is 2.30 bits per heavy atom. The quantitative estimate of drug-likeness (QED) is 0.285. The molecular weight excluding hydrogens is 440 g/mol. The number of nitrogens with zero attached hydrogens (tertiary/aromatic N) is 1. The van der Waals surface area contributed by atoms with E-state index in [1.54, 1.807) is 79.1 Å².